The van der Waals surface area contributed by atoms with Crippen molar-refractivity contribution in [3.8, 4) is 0 Å². The molecule has 0 saturated heterocycles. The summed E-state index contributed by atoms with van der Waals surface area (Å²) in [5, 5.41) is 0. The Labute approximate surface area is 172 Å². The van der Waals surface area contributed by atoms with Gasteiger partial charge in [-0.1, -0.05) is 61.7 Å². The quantitative estimate of drug-likeness (QED) is 0.769. The van der Waals surface area contributed by atoms with Crippen LogP contribution in [0.5, 0.6) is 0 Å². The molecule has 2 atom stereocenters. The van der Waals surface area contributed by atoms with Gasteiger partial charge in [0.15, 0.2) is 0 Å². The van der Waals surface area contributed by atoms with E-state index in [0.29, 0.717) is 18.2 Å². The molecule has 0 aromatic heterocycles. The van der Waals surface area contributed by atoms with Gasteiger partial charge >= 0.3 is 0 Å². The highest BCUT2D eigenvalue weighted by atomic mass is 16.2. The molecule has 1 fully saturated rings. The third-order valence-electron chi connectivity index (χ3n) is 7.17. The van der Waals surface area contributed by atoms with E-state index < -0.39 is 0 Å². The average molecular weight is 389 g/mol. The van der Waals surface area contributed by atoms with E-state index in [1.165, 1.54) is 24.8 Å². The molecule has 4 heteroatoms. The normalized spacial score (nSPS) is 23.8. The molecule has 3 aliphatic rings. The standard InChI is InChI=1S/C25H28N2O2/c1-26(18-10-3-2-4-11-18)25(29)22-20-13-7-8-14-21(20)24(28)27-16-15-17-9-5-6-12-19(17)23(22)27/h5-9,12-14,18,22-23H,2-4,10-11,15-16H2,1H3/t22-,23-/m1/s1. The van der Waals surface area contributed by atoms with Crippen LogP contribution in [0.25, 0.3) is 0 Å². The lowest BCUT2D eigenvalue weighted by molar-refractivity contribution is -0.136. The van der Waals surface area contributed by atoms with Gasteiger partial charge in [-0.25, -0.2) is 0 Å². The number of hydrogen-bond acceptors (Lipinski definition) is 2. The van der Waals surface area contributed by atoms with Crippen molar-refractivity contribution in [1.82, 2.24) is 9.80 Å². The van der Waals surface area contributed by atoms with Gasteiger partial charge in [-0.2, -0.15) is 0 Å². The molecule has 2 aromatic carbocycles. The van der Waals surface area contributed by atoms with Gasteiger partial charge < -0.3 is 9.80 Å². The van der Waals surface area contributed by atoms with Gasteiger partial charge in [0.05, 0.1) is 12.0 Å². The monoisotopic (exact) mass is 388 g/mol. The molecule has 150 valence electrons. The third kappa shape index (κ3) is 2.97. The van der Waals surface area contributed by atoms with Crippen molar-refractivity contribution >= 4 is 11.8 Å². The Morgan fingerprint density at radius 3 is 2.45 bits per heavy atom. The molecule has 2 amide bonds. The number of fused-ring (bicyclic) bond motifs is 4. The van der Waals surface area contributed by atoms with Crippen LogP contribution >= 0.6 is 0 Å². The fourth-order valence-corrected chi connectivity index (χ4v) is 5.61. The number of likely N-dealkylation sites (N-methyl/N-ethyl adjacent to an activating group) is 1. The lowest BCUT2D eigenvalue weighted by atomic mass is 9.75. The minimum Gasteiger partial charge on any atom is -0.342 e. The Balaban J connectivity index is 1.61. The van der Waals surface area contributed by atoms with Gasteiger partial charge in [-0.15, -0.1) is 0 Å². The van der Waals surface area contributed by atoms with Crippen molar-refractivity contribution in [2.24, 2.45) is 0 Å². The molecule has 2 aliphatic heterocycles. The molecule has 5 rings (SSSR count). The van der Waals surface area contributed by atoms with Gasteiger partial charge in [-0.05, 0) is 42.0 Å². The molecule has 0 spiro atoms. The Kier molecular flexibility index (Phi) is 4.65. The first kappa shape index (κ1) is 18.4. The van der Waals surface area contributed by atoms with E-state index in [4.69, 9.17) is 0 Å². The zero-order valence-electron chi connectivity index (χ0n) is 17.0. The predicted octanol–water partition coefficient (Wildman–Crippen LogP) is 4.31. The number of carbonyl (C=O) groups excluding carboxylic acids is 2. The first-order valence-electron chi connectivity index (χ1n) is 10.9. The molecule has 0 bridgehead atoms. The maximum atomic E-state index is 13.9. The summed E-state index contributed by atoms with van der Waals surface area (Å²) in [5.41, 5.74) is 3.98. The first-order chi connectivity index (χ1) is 14.2. The minimum atomic E-state index is -0.336. The number of carbonyl (C=O) groups is 2. The lowest BCUT2D eigenvalue weighted by Crippen LogP contribution is -2.51. The minimum absolute atomic E-state index is 0.0597. The SMILES string of the molecule is CN(C(=O)[C@@H]1c2ccccc2C(=O)N2CCc3ccccc3[C@H]12)C1CCCCC1. The summed E-state index contributed by atoms with van der Waals surface area (Å²) in [5.74, 6) is -0.120. The number of hydrogen-bond donors (Lipinski definition) is 0. The van der Waals surface area contributed by atoms with E-state index in [1.807, 2.05) is 47.2 Å². The molecular formula is C25H28N2O2. The van der Waals surface area contributed by atoms with Crippen LogP contribution in [0.2, 0.25) is 0 Å². The molecule has 0 N–H and O–H groups in total. The topological polar surface area (TPSA) is 40.6 Å². The highest BCUT2D eigenvalue weighted by molar-refractivity contribution is 6.01. The van der Waals surface area contributed by atoms with Gasteiger partial charge in [0, 0.05) is 25.2 Å². The van der Waals surface area contributed by atoms with Crippen LogP contribution in [0.4, 0.5) is 0 Å². The fourth-order valence-electron chi connectivity index (χ4n) is 5.61. The summed E-state index contributed by atoms with van der Waals surface area (Å²) in [4.78, 5) is 31.2. The second kappa shape index (κ2) is 7.33. The third-order valence-corrected chi connectivity index (χ3v) is 7.17. The molecule has 0 radical (unpaired) electrons. The van der Waals surface area contributed by atoms with Gasteiger partial charge in [0.1, 0.15) is 0 Å². The lowest BCUT2D eigenvalue weighted by Gasteiger charge is -2.46. The van der Waals surface area contributed by atoms with E-state index in [-0.39, 0.29) is 23.8 Å². The first-order valence-corrected chi connectivity index (χ1v) is 10.9. The molecule has 2 heterocycles. The van der Waals surface area contributed by atoms with Gasteiger partial charge in [0.25, 0.3) is 5.91 Å². The van der Waals surface area contributed by atoms with E-state index in [2.05, 4.69) is 18.2 Å². The number of amides is 2. The Bertz CT molecular complexity index is 947. The Morgan fingerprint density at radius 2 is 1.66 bits per heavy atom. The van der Waals surface area contributed by atoms with Crippen molar-refractivity contribution in [3.63, 3.8) is 0 Å². The second-order valence-electron chi connectivity index (χ2n) is 8.70. The Morgan fingerprint density at radius 1 is 0.966 bits per heavy atom. The van der Waals surface area contributed by atoms with Crippen molar-refractivity contribution in [1.29, 1.82) is 0 Å². The number of rotatable bonds is 2. The largest absolute Gasteiger partial charge is 0.342 e. The van der Waals surface area contributed by atoms with Crippen LogP contribution in [0.1, 0.15) is 71.1 Å². The molecule has 0 unspecified atom stereocenters. The number of benzene rings is 2. The number of nitrogens with zero attached hydrogens (tertiary/aromatic N) is 2. The zero-order valence-corrected chi connectivity index (χ0v) is 17.0. The molecular weight excluding hydrogens is 360 g/mol. The summed E-state index contributed by atoms with van der Waals surface area (Å²) in [6.07, 6.45) is 6.67. The second-order valence-corrected chi connectivity index (χ2v) is 8.70. The predicted molar refractivity (Wildman–Crippen MR) is 113 cm³/mol. The van der Waals surface area contributed by atoms with E-state index in [0.717, 1.165) is 30.4 Å². The molecule has 1 saturated carbocycles. The van der Waals surface area contributed by atoms with E-state index >= 15 is 0 Å². The molecule has 4 nitrogen and oxygen atoms in total. The van der Waals surface area contributed by atoms with Crippen molar-refractivity contribution in [3.05, 3.63) is 70.8 Å². The van der Waals surface area contributed by atoms with Crippen LogP contribution in [-0.2, 0) is 11.2 Å². The van der Waals surface area contributed by atoms with Crippen molar-refractivity contribution < 1.29 is 9.59 Å². The molecule has 1 aliphatic carbocycles. The van der Waals surface area contributed by atoms with Crippen LogP contribution < -0.4 is 0 Å². The highest BCUT2D eigenvalue weighted by Crippen LogP contribution is 2.46. The maximum absolute atomic E-state index is 13.9. The summed E-state index contributed by atoms with van der Waals surface area (Å²) in [7, 11) is 1.97. The zero-order chi connectivity index (χ0) is 20.0. The molecule has 29 heavy (non-hydrogen) atoms. The summed E-state index contributed by atoms with van der Waals surface area (Å²) in [6, 6.07) is 16.2. The average Bonchev–Trinajstić information content (AvgIpc) is 2.79. The van der Waals surface area contributed by atoms with Crippen molar-refractivity contribution in [2.75, 3.05) is 13.6 Å². The molecule has 2 aromatic rings. The van der Waals surface area contributed by atoms with E-state index in [9.17, 15) is 9.59 Å². The highest BCUT2D eigenvalue weighted by Gasteiger charge is 2.47. The van der Waals surface area contributed by atoms with Crippen LogP contribution in [0.3, 0.4) is 0 Å². The van der Waals surface area contributed by atoms with Crippen LogP contribution in [0, 0.1) is 0 Å². The summed E-state index contributed by atoms with van der Waals surface area (Å²) >= 11 is 0. The summed E-state index contributed by atoms with van der Waals surface area (Å²) in [6.45, 7) is 0.672. The fraction of sp³-hybridized carbons (Fsp3) is 0.440. The van der Waals surface area contributed by atoms with Crippen LogP contribution in [0.15, 0.2) is 48.5 Å². The van der Waals surface area contributed by atoms with Crippen LogP contribution in [-0.4, -0.2) is 41.2 Å². The van der Waals surface area contributed by atoms with Gasteiger partial charge in [-0.3, -0.25) is 9.59 Å². The smallest absolute Gasteiger partial charge is 0.254 e. The summed E-state index contributed by atoms with van der Waals surface area (Å²) < 4.78 is 0. The van der Waals surface area contributed by atoms with Gasteiger partial charge in [0.2, 0.25) is 5.91 Å². The van der Waals surface area contributed by atoms with Crippen molar-refractivity contribution in [2.45, 2.75) is 56.5 Å². The van der Waals surface area contributed by atoms with E-state index in [1.54, 1.807) is 0 Å². The Hall–Kier alpha value is -2.62. The maximum Gasteiger partial charge on any atom is 0.254 e.